The molecule has 5 heteroatoms. The van der Waals surface area contributed by atoms with Crippen molar-refractivity contribution in [1.29, 1.82) is 0 Å². The van der Waals surface area contributed by atoms with E-state index in [0.717, 1.165) is 36.9 Å². The van der Waals surface area contributed by atoms with Crippen molar-refractivity contribution in [2.24, 2.45) is 11.8 Å². The van der Waals surface area contributed by atoms with Gasteiger partial charge in [-0.3, -0.25) is 4.79 Å². The molecule has 3 rings (SSSR count). The number of nitrogens with one attached hydrogen (secondary N) is 1. The van der Waals surface area contributed by atoms with Crippen molar-refractivity contribution in [3.63, 3.8) is 0 Å². The summed E-state index contributed by atoms with van der Waals surface area (Å²) in [6.45, 7) is 3.79. The molecule has 0 spiro atoms. The third kappa shape index (κ3) is 4.24. The maximum Gasteiger partial charge on any atom is 0.227 e. The van der Waals surface area contributed by atoms with Gasteiger partial charge < -0.3 is 5.32 Å². The normalized spacial score (nSPS) is 21.2. The van der Waals surface area contributed by atoms with E-state index in [2.05, 4.69) is 10.3 Å². The second-order valence-electron chi connectivity index (χ2n) is 7.21. The number of pyridine rings is 1. The molecule has 1 heterocycles. The second-order valence-corrected chi connectivity index (χ2v) is 7.65. The van der Waals surface area contributed by atoms with Gasteiger partial charge in [0, 0.05) is 28.4 Å². The maximum absolute atomic E-state index is 13.7. The van der Waals surface area contributed by atoms with Gasteiger partial charge in [-0.05, 0) is 80.3 Å². The molecule has 0 bridgehead atoms. The number of hydrogen-bond donors (Lipinski definition) is 1. The number of benzene rings is 1. The first-order valence-corrected chi connectivity index (χ1v) is 9.51. The molecule has 138 valence electrons. The van der Waals surface area contributed by atoms with E-state index in [-0.39, 0.29) is 17.8 Å². The molecule has 26 heavy (non-hydrogen) atoms. The molecule has 1 atom stereocenters. The SMILES string of the molecule is Cc1c(C2CCC([C@@H](C)C(=O)Nc3ccc(Cl)cc3)CC2)ccnc1F. The van der Waals surface area contributed by atoms with Crippen LogP contribution in [0.15, 0.2) is 36.5 Å². The van der Waals surface area contributed by atoms with E-state index >= 15 is 0 Å². The number of carbonyl (C=O) groups excluding carboxylic acids is 1. The van der Waals surface area contributed by atoms with Crippen molar-refractivity contribution in [1.82, 2.24) is 4.98 Å². The topological polar surface area (TPSA) is 42.0 Å². The summed E-state index contributed by atoms with van der Waals surface area (Å²) in [5, 5.41) is 3.62. The van der Waals surface area contributed by atoms with E-state index in [9.17, 15) is 9.18 Å². The lowest BCUT2D eigenvalue weighted by molar-refractivity contribution is -0.121. The number of anilines is 1. The first-order valence-electron chi connectivity index (χ1n) is 9.13. The second kappa shape index (κ2) is 8.17. The van der Waals surface area contributed by atoms with Crippen LogP contribution in [0.4, 0.5) is 10.1 Å². The van der Waals surface area contributed by atoms with Gasteiger partial charge in [-0.2, -0.15) is 4.39 Å². The molecule has 1 aromatic carbocycles. The van der Waals surface area contributed by atoms with E-state index in [1.807, 2.05) is 25.1 Å². The molecule has 1 N–H and O–H groups in total. The molecule has 0 radical (unpaired) electrons. The minimum absolute atomic E-state index is 0.0434. The van der Waals surface area contributed by atoms with Crippen molar-refractivity contribution < 1.29 is 9.18 Å². The standard InChI is InChI=1S/C21H24ClFN2O/c1-13(21(26)25-18-9-7-17(22)8-10-18)15-3-5-16(6-4-15)19-11-12-24-20(23)14(19)2/h7-13,15-16H,3-6H2,1-2H3,(H,25,26)/t13-,15?,16?/m1/s1. The quantitative estimate of drug-likeness (QED) is 0.694. The van der Waals surface area contributed by atoms with Gasteiger partial charge in [0.1, 0.15) is 0 Å². The average molecular weight is 375 g/mol. The lowest BCUT2D eigenvalue weighted by Crippen LogP contribution is -2.29. The third-order valence-corrected chi connectivity index (χ3v) is 5.88. The number of carbonyl (C=O) groups is 1. The fourth-order valence-electron chi connectivity index (χ4n) is 3.90. The van der Waals surface area contributed by atoms with Crippen LogP contribution in [-0.4, -0.2) is 10.9 Å². The molecule has 1 amide bonds. The highest BCUT2D eigenvalue weighted by molar-refractivity contribution is 6.30. The van der Waals surface area contributed by atoms with Crippen molar-refractivity contribution in [2.45, 2.75) is 45.4 Å². The summed E-state index contributed by atoms with van der Waals surface area (Å²) in [6, 6.07) is 9.09. The van der Waals surface area contributed by atoms with Crippen molar-refractivity contribution in [3.05, 3.63) is 58.6 Å². The molecule has 0 unspecified atom stereocenters. The van der Waals surface area contributed by atoms with Crippen LogP contribution in [0.2, 0.25) is 5.02 Å². The predicted octanol–water partition coefficient (Wildman–Crippen LogP) is 5.73. The Morgan fingerprint density at radius 1 is 1.19 bits per heavy atom. The van der Waals surface area contributed by atoms with E-state index in [4.69, 9.17) is 11.6 Å². The van der Waals surface area contributed by atoms with Crippen LogP contribution in [0.1, 0.15) is 49.7 Å². The van der Waals surface area contributed by atoms with Crippen molar-refractivity contribution >= 4 is 23.2 Å². The third-order valence-electron chi connectivity index (χ3n) is 5.63. The van der Waals surface area contributed by atoms with Gasteiger partial charge in [0.25, 0.3) is 0 Å². The maximum atomic E-state index is 13.7. The van der Waals surface area contributed by atoms with Crippen LogP contribution in [0.5, 0.6) is 0 Å². The Hall–Kier alpha value is -1.94. The van der Waals surface area contributed by atoms with E-state index < -0.39 is 0 Å². The zero-order valence-corrected chi connectivity index (χ0v) is 15.9. The van der Waals surface area contributed by atoms with Crippen LogP contribution in [0, 0.1) is 24.7 Å². The van der Waals surface area contributed by atoms with E-state index in [0.29, 0.717) is 22.4 Å². The molecule has 1 fully saturated rings. The van der Waals surface area contributed by atoms with Crippen LogP contribution in [0.3, 0.4) is 0 Å². The van der Waals surface area contributed by atoms with Gasteiger partial charge >= 0.3 is 0 Å². The van der Waals surface area contributed by atoms with Gasteiger partial charge in [-0.1, -0.05) is 18.5 Å². The number of amides is 1. The summed E-state index contributed by atoms with van der Waals surface area (Å²) in [5.41, 5.74) is 2.49. The van der Waals surface area contributed by atoms with Gasteiger partial charge in [-0.25, -0.2) is 4.98 Å². The number of aromatic nitrogens is 1. The molecule has 1 aliphatic carbocycles. The first kappa shape index (κ1) is 18.8. The fraction of sp³-hybridized carbons (Fsp3) is 0.429. The van der Waals surface area contributed by atoms with Crippen LogP contribution in [-0.2, 0) is 4.79 Å². The molecule has 1 saturated carbocycles. The lowest BCUT2D eigenvalue weighted by atomic mass is 9.73. The summed E-state index contributed by atoms with van der Waals surface area (Å²) in [4.78, 5) is 16.3. The number of nitrogens with zero attached hydrogens (tertiary/aromatic N) is 1. The summed E-state index contributed by atoms with van der Waals surface area (Å²) < 4.78 is 13.7. The molecule has 0 saturated heterocycles. The number of rotatable bonds is 4. The Morgan fingerprint density at radius 2 is 1.85 bits per heavy atom. The Morgan fingerprint density at radius 3 is 2.50 bits per heavy atom. The Bertz CT molecular complexity index is 770. The first-order chi connectivity index (χ1) is 12.5. The summed E-state index contributed by atoms with van der Waals surface area (Å²) in [6.07, 6.45) is 5.46. The Kier molecular flexibility index (Phi) is 5.92. The Balaban J connectivity index is 1.57. The molecule has 1 aliphatic rings. The average Bonchev–Trinajstić information content (AvgIpc) is 2.65. The van der Waals surface area contributed by atoms with E-state index in [1.54, 1.807) is 25.3 Å². The predicted molar refractivity (Wildman–Crippen MR) is 103 cm³/mol. The molecule has 1 aromatic heterocycles. The minimum atomic E-state index is -0.375. The van der Waals surface area contributed by atoms with E-state index in [1.165, 1.54) is 0 Å². The van der Waals surface area contributed by atoms with Crippen molar-refractivity contribution in [2.75, 3.05) is 5.32 Å². The smallest absolute Gasteiger partial charge is 0.227 e. The number of hydrogen-bond acceptors (Lipinski definition) is 2. The molecule has 2 aromatic rings. The summed E-state index contributed by atoms with van der Waals surface area (Å²) >= 11 is 5.88. The van der Waals surface area contributed by atoms with Gasteiger partial charge in [0.15, 0.2) is 0 Å². The van der Waals surface area contributed by atoms with Crippen molar-refractivity contribution in [3.8, 4) is 0 Å². The molecule has 0 aliphatic heterocycles. The number of halogens is 2. The van der Waals surface area contributed by atoms with Crippen LogP contribution in [0.25, 0.3) is 0 Å². The highest BCUT2D eigenvalue weighted by Gasteiger charge is 2.30. The zero-order chi connectivity index (χ0) is 18.7. The van der Waals surface area contributed by atoms with Gasteiger partial charge in [0.05, 0.1) is 0 Å². The highest BCUT2D eigenvalue weighted by Crippen LogP contribution is 2.40. The lowest BCUT2D eigenvalue weighted by Gasteiger charge is -2.32. The zero-order valence-electron chi connectivity index (χ0n) is 15.1. The molecular weight excluding hydrogens is 351 g/mol. The highest BCUT2D eigenvalue weighted by atomic mass is 35.5. The van der Waals surface area contributed by atoms with Gasteiger partial charge in [0.2, 0.25) is 11.9 Å². The summed E-state index contributed by atoms with van der Waals surface area (Å²) in [5.74, 6) is 0.324. The summed E-state index contributed by atoms with van der Waals surface area (Å²) in [7, 11) is 0. The Labute approximate surface area is 159 Å². The monoisotopic (exact) mass is 374 g/mol. The fourth-order valence-corrected chi connectivity index (χ4v) is 4.03. The minimum Gasteiger partial charge on any atom is -0.326 e. The van der Waals surface area contributed by atoms with Crippen LogP contribution >= 0.6 is 11.6 Å². The molecular formula is C21H24ClFN2O. The van der Waals surface area contributed by atoms with Gasteiger partial charge in [-0.15, -0.1) is 0 Å². The molecule has 3 nitrogen and oxygen atoms in total. The largest absolute Gasteiger partial charge is 0.326 e. The van der Waals surface area contributed by atoms with Crippen LogP contribution < -0.4 is 5.32 Å².